The van der Waals surface area contributed by atoms with Gasteiger partial charge in [-0.25, -0.2) is 28.6 Å². The number of phosphoric ester groups is 3. The van der Waals surface area contributed by atoms with Gasteiger partial charge in [-0.2, -0.15) is 4.31 Å². The highest BCUT2D eigenvalue weighted by atomic mass is 32.2. The monoisotopic (exact) mass is 1050 g/mol. The number of hydrogen-bond acceptors (Lipinski definition) is 18. The number of aromatic nitrogens is 4. The van der Waals surface area contributed by atoms with Gasteiger partial charge >= 0.3 is 23.5 Å². The van der Waals surface area contributed by atoms with Gasteiger partial charge in [-0.3, -0.25) is 32.5 Å². The number of rotatable bonds is 35. The van der Waals surface area contributed by atoms with Crippen molar-refractivity contribution in [1.82, 2.24) is 30.2 Å². The number of nitrogens with one attached hydrogen (secondary N) is 2. The van der Waals surface area contributed by atoms with Crippen molar-refractivity contribution in [1.29, 1.82) is 0 Å². The molecule has 24 nitrogen and oxygen atoms in total. The van der Waals surface area contributed by atoms with Crippen LogP contribution in [0.25, 0.3) is 11.2 Å². The van der Waals surface area contributed by atoms with Crippen molar-refractivity contribution in [3.05, 3.63) is 12.7 Å². The summed E-state index contributed by atoms with van der Waals surface area (Å²) in [5.74, 6) is -0.738. The Balaban J connectivity index is 1.31. The van der Waals surface area contributed by atoms with Crippen LogP contribution in [-0.2, 0) is 50.7 Å². The van der Waals surface area contributed by atoms with Gasteiger partial charge in [0.15, 0.2) is 22.8 Å². The number of phosphoric acid groups is 3. The smallest absolute Gasteiger partial charge is 0.386 e. The Morgan fingerprint density at radius 3 is 2.12 bits per heavy atom. The fraction of sp³-hybridized carbons (Fsp3) is 0.800. The molecular weight excluding hydrogens is 975 g/mol. The summed E-state index contributed by atoms with van der Waals surface area (Å²) in [7, 11) is -16.4. The number of aliphatic hydroxyl groups is 2. The Bertz CT molecular complexity index is 2030. The molecule has 68 heavy (non-hydrogen) atoms. The van der Waals surface area contributed by atoms with Crippen LogP contribution < -0.4 is 16.4 Å². The zero-order valence-electron chi connectivity index (χ0n) is 39.3. The molecular formula is C40H72N7O17P3S. The van der Waals surface area contributed by atoms with Gasteiger partial charge in [0.2, 0.25) is 11.8 Å². The van der Waals surface area contributed by atoms with Crippen molar-refractivity contribution in [3.63, 3.8) is 0 Å². The molecule has 0 radical (unpaired) electrons. The third-order valence-corrected chi connectivity index (χ3v) is 15.1. The number of hydrogen-bond donors (Lipinski definition) is 9. The summed E-state index contributed by atoms with van der Waals surface area (Å²) in [6, 6.07) is 0. The number of imidazole rings is 1. The highest BCUT2D eigenvalue weighted by molar-refractivity contribution is 8.13. The molecule has 3 rings (SSSR count). The van der Waals surface area contributed by atoms with Crippen LogP contribution in [0.4, 0.5) is 5.82 Å². The Morgan fingerprint density at radius 1 is 0.897 bits per heavy atom. The minimum atomic E-state index is -5.58. The lowest BCUT2D eigenvalue weighted by atomic mass is 9.87. The molecule has 3 heterocycles. The third-order valence-electron chi connectivity index (χ3n) is 11.1. The maximum absolute atomic E-state index is 12.8. The van der Waals surface area contributed by atoms with Crippen molar-refractivity contribution in [2.24, 2.45) is 11.3 Å². The lowest BCUT2D eigenvalue weighted by Crippen LogP contribution is -2.46. The molecule has 0 saturated carbocycles. The summed E-state index contributed by atoms with van der Waals surface area (Å²) in [6.45, 7) is 4.90. The summed E-state index contributed by atoms with van der Waals surface area (Å²) < 4.78 is 62.5. The van der Waals surface area contributed by atoms with E-state index in [-0.39, 0.29) is 47.5 Å². The highest BCUT2D eigenvalue weighted by Gasteiger charge is 2.50. The minimum absolute atomic E-state index is 0.0338. The van der Waals surface area contributed by atoms with E-state index in [4.69, 9.17) is 19.5 Å². The van der Waals surface area contributed by atoms with Crippen molar-refractivity contribution in [3.8, 4) is 0 Å². The van der Waals surface area contributed by atoms with Gasteiger partial charge in [-0.15, -0.1) is 0 Å². The number of unbranched alkanes of at least 4 members (excludes halogenated alkanes) is 12. The van der Waals surface area contributed by atoms with Crippen LogP contribution in [0.15, 0.2) is 12.7 Å². The van der Waals surface area contributed by atoms with E-state index in [0.717, 1.165) is 41.8 Å². The molecule has 0 spiro atoms. The molecule has 8 atom stereocenters. The van der Waals surface area contributed by atoms with Gasteiger partial charge in [0.25, 0.3) is 0 Å². The highest BCUT2D eigenvalue weighted by Crippen LogP contribution is 2.61. The standard InChI is InChI=1S/C40H72N7O17P3S/c1-5-6-7-8-9-10-11-12-13-14-15-16-17-18-28(2)23-31(49)68-22-21-42-30(48)19-20-43-38(52)35(51)40(3,4)25-61-67(58,59)64-66(56,57)60-24-29-34(63-65(53,54)55)33(50)39(62-29)47-27-46-32-36(41)44-26-45-37(32)47/h26-29,33-35,39,50-51H,5-25H2,1-4H3,(H,42,48)(H,43,52)(H,56,57)(H,58,59)(H2,41,44,45)(H2,53,54,55). The van der Waals surface area contributed by atoms with Crippen molar-refractivity contribution >= 4 is 69.1 Å². The number of nitrogens with zero attached hydrogens (tertiary/aromatic N) is 4. The Hall–Kier alpha value is -2.44. The minimum Gasteiger partial charge on any atom is -0.386 e. The summed E-state index contributed by atoms with van der Waals surface area (Å²) in [5.41, 5.74) is 4.29. The molecule has 1 fully saturated rings. The molecule has 1 aliphatic rings. The largest absolute Gasteiger partial charge is 0.481 e. The number of carbonyl (C=O) groups is 3. The molecule has 28 heteroatoms. The van der Waals surface area contributed by atoms with Crippen LogP contribution in [0, 0.1) is 11.3 Å². The molecule has 0 aromatic carbocycles. The van der Waals surface area contributed by atoms with Gasteiger partial charge in [0.1, 0.15) is 36.3 Å². The number of amides is 2. The molecule has 1 saturated heterocycles. The van der Waals surface area contributed by atoms with E-state index in [1.165, 1.54) is 90.9 Å². The van der Waals surface area contributed by atoms with E-state index >= 15 is 0 Å². The van der Waals surface area contributed by atoms with Crippen LogP contribution in [0.3, 0.4) is 0 Å². The quantitative estimate of drug-likeness (QED) is 0.0317. The molecule has 2 aromatic rings. The van der Waals surface area contributed by atoms with E-state index < -0.39 is 84.6 Å². The first-order valence-electron chi connectivity index (χ1n) is 23.0. The number of nitrogen functional groups attached to an aromatic ring is 1. The predicted molar refractivity (Wildman–Crippen MR) is 251 cm³/mol. The predicted octanol–water partition coefficient (Wildman–Crippen LogP) is 5.17. The summed E-state index contributed by atoms with van der Waals surface area (Å²) in [4.78, 5) is 88.7. The normalized spacial score (nSPS) is 20.4. The number of nitrogens with two attached hydrogens (primary N) is 1. The Kier molecular flexibility index (Phi) is 25.7. The summed E-state index contributed by atoms with van der Waals surface area (Å²) in [5, 5.41) is 26.7. The zero-order chi connectivity index (χ0) is 50.5. The number of carbonyl (C=O) groups excluding carboxylic acids is 3. The maximum atomic E-state index is 12.8. The first kappa shape index (κ1) is 59.9. The van der Waals surface area contributed by atoms with Crippen molar-refractivity contribution < 1.29 is 80.5 Å². The van der Waals surface area contributed by atoms with Crippen molar-refractivity contribution in [2.75, 3.05) is 37.8 Å². The Labute approximate surface area is 401 Å². The first-order valence-corrected chi connectivity index (χ1v) is 28.5. The van der Waals surface area contributed by atoms with E-state index in [9.17, 15) is 57.9 Å². The lowest BCUT2D eigenvalue weighted by Gasteiger charge is -2.30. The molecule has 2 aromatic heterocycles. The van der Waals surface area contributed by atoms with E-state index in [1.807, 2.05) is 0 Å². The van der Waals surface area contributed by atoms with Gasteiger partial charge in [0, 0.05) is 37.1 Å². The lowest BCUT2D eigenvalue weighted by molar-refractivity contribution is -0.137. The second-order valence-electron chi connectivity index (χ2n) is 17.6. The topological polar surface area (TPSA) is 364 Å². The molecule has 0 bridgehead atoms. The fourth-order valence-corrected chi connectivity index (χ4v) is 10.9. The first-order chi connectivity index (χ1) is 31.9. The molecule has 1 aliphatic heterocycles. The van der Waals surface area contributed by atoms with Crippen LogP contribution in [0.1, 0.15) is 137 Å². The van der Waals surface area contributed by atoms with E-state index in [1.54, 1.807) is 0 Å². The second kappa shape index (κ2) is 29.2. The number of thioether (sulfide) groups is 1. The molecule has 8 unspecified atom stereocenters. The SMILES string of the molecule is CCCCCCCCCCCCCCCC(C)CC(=O)SCCNC(=O)CCNC(=O)C(O)C(C)(C)COP(=O)(O)OP(=O)(O)OCC1OC(n2cnc3c(N)ncnc32)C(O)C1OP(=O)(O)O. The average molecular weight is 1050 g/mol. The number of ether oxygens (including phenoxy) is 1. The van der Waals surface area contributed by atoms with Crippen molar-refractivity contribution in [2.45, 2.75) is 161 Å². The van der Waals surface area contributed by atoms with Gasteiger partial charge < -0.3 is 50.9 Å². The van der Waals surface area contributed by atoms with Crippen LogP contribution in [0.2, 0.25) is 0 Å². The molecule has 0 aliphatic carbocycles. The number of aliphatic hydroxyl groups excluding tert-OH is 2. The third kappa shape index (κ3) is 21.9. The van der Waals surface area contributed by atoms with Gasteiger partial charge in [-0.05, 0) is 5.92 Å². The fourth-order valence-electron chi connectivity index (χ4n) is 7.25. The van der Waals surface area contributed by atoms with Crippen LogP contribution in [0.5, 0.6) is 0 Å². The summed E-state index contributed by atoms with van der Waals surface area (Å²) in [6.07, 6.45) is 11.4. The van der Waals surface area contributed by atoms with Gasteiger partial charge in [0.05, 0.1) is 19.5 Å². The van der Waals surface area contributed by atoms with E-state index in [0.29, 0.717) is 12.2 Å². The molecule has 390 valence electrons. The molecule has 10 N–H and O–H groups in total. The molecule has 2 amide bonds. The number of anilines is 1. The summed E-state index contributed by atoms with van der Waals surface area (Å²) >= 11 is 1.16. The van der Waals surface area contributed by atoms with Crippen LogP contribution in [-0.4, -0.2) is 123 Å². The van der Waals surface area contributed by atoms with Crippen LogP contribution >= 0.6 is 35.2 Å². The Morgan fingerprint density at radius 2 is 1.50 bits per heavy atom. The average Bonchev–Trinajstić information content (AvgIpc) is 3.82. The van der Waals surface area contributed by atoms with Gasteiger partial charge in [-0.1, -0.05) is 129 Å². The second-order valence-corrected chi connectivity index (χ2v) is 23.0. The van der Waals surface area contributed by atoms with E-state index in [2.05, 4.69) is 48.3 Å². The maximum Gasteiger partial charge on any atom is 0.481 e. The number of fused-ring (bicyclic) bond motifs is 1. The zero-order valence-corrected chi connectivity index (χ0v) is 42.8.